The quantitative estimate of drug-likeness (QED) is 0.415. The van der Waals surface area contributed by atoms with Gasteiger partial charge in [0.05, 0.1) is 5.69 Å². The molecule has 3 aromatic rings. The number of benzene rings is 2. The zero-order valence-corrected chi connectivity index (χ0v) is 21.3. The molecule has 1 heterocycles. The monoisotopic (exact) mass is 484 g/mol. The molecule has 3 rings (SSSR count). The van der Waals surface area contributed by atoms with E-state index >= 15 is 0 Å². The maximum atomic E-state index is 13.0. The number of rotatable bonds is 10. The predicted molar refractivity (Wildman–Crippen MR) is 138 cm³/mol. The number of nitrogens with one attached hydrogen (secondary N) is 2. The van der Waals surface area contributed by atoms with Gasteiger partial charge in [-0.25, -0.2) is 4.98 Å². The highest BCUT2D eigenvalue weighted by atomic mass is 32.2. The van der Waals surface area contributed by atoms with Crippen molar-refractivity contribution < 1.29 is 9.59 Å². The largest absolute Gasteiger partial charge is 0.372 e. The average molecular weight is 485 g/mol. The number of hydrogen-bond donors (Lipinski definition) is 2. The van der Waals surface area contributed by atoms with E-state index in [0.717, 1.165) is 29.1 Å². The minimum atomic E-state index is -2.26. The normalized spacial score (nSPS) is 11.9. The van der Waals surface area contributed by atoms with E-state index in [4.69, 9.17) is 0 Å². The third-order valence-electron chi connectivity index (χ3n) is 4.75. The lowest BCUT2D eigenvalue weighted by Crippen LogP contribution is -2.47. The number of thioether (sulfide) groups is 1. The fourth-order valence-electron chi connectivity index (χ4n) is 3.14. The number of amides is 2. The van der Waals surface area contributed by atoms with E-state index in [0.29, 0.717) is 16.7 Å². The maximum Gasteiger partial charge on any atom is 0.244 e. The third-order valence-corrected chi connectivity index (χ3v) is 8.83. The zero-order valence-electron chi connectivity index (χ0n) is 18.5. The van der Waals surface area contributed by atoms with Gasteiger partial charge < -0.3 is 15.2 Å². The van der Waals surface area contributed by atoms with Crippen LogP contribution in [0, 0.1) is 0 Å². The molecule has 0 unspecified atom stereocenters. The average Bonchev–Trinajstić information content (AvgIpc) is 3.25. The van der Waals surface area contributed by atoms with Crippen LogP contribution in [-0.2, 0) is 6.54 Å². The van der Waals surface area contributed by atoms with Crippen LogP contribution in [0.1, 0.15) is 15.9 Å². The van der Waals surface area contributed by atoms with Crippen LogP contribution in [0.25, 0.3) is 11.3 Å². The fourth-order valence-corrected chi connectivity index (χ4v) is 7.18. The second-order valence-corrected chi connectivity index (χ2v) is 12.0. The Labute approximate surface area is 199 Å². The van der Waals surface area contributed by atoms with Crippen LogP contribution >= 0.6 is 23.1 Å². The van der Waals surface area contributed by atoms with Crippen molar-refractivity contribution >= 4 is 48.6 Å². The van der Waals surface area contributed by atoms with E-state index in [-0.39, 0.29) is 11.4 Å². The molecule has 2 N–H and O–H groups in total. The van der Waals surface area contributed by atoms with Crippen LogP contribution in [0.3, 0.4) is 0 Å². The van der Waals surface area contributed by atoms with E-state index in [1.54, 1.807) is 11.8 Å². The Kier molecular flexibility index (Phi) is 9.04. The Hall–Kier alpha value is -2.46. The lowest BCUT2D eigenvalue weighted by Gasteiger charge is -2.16. The number of anilines is 1. The van der Waals surface area contributed by atoms with Gasteiger partial charge in [-0.1, -0.05) is 42.5 Å². The fraction of sp³-hybridized carbons (Fsp3) is 0.261. The molecular formula is C23H28N4O2S2Si. The lowest BCUT2D eigenvalue weighted by atomic mass is 10.1. The second-order valence-electron chi connectivity index (χ2n) is 7.64. The molecule has 0 spiro atoms. The highest BCUT2D eigenvalue weighted by Gasteiger charge is 2.24. The van der Waals surface area contributed by atoms with Crippen LogP contribution in [0.15, 0.2) is 60.0 Å². The van der Waals surface area contributed by atoms with Gasteiger partial charge in [0.1, 0.15) is 0 Å². The van der Waals surface area contributed by atoms with Gasteiger partial charge in [0.15, 0.2) is 5.13 Å². The van der Waals surface area contributed by atoms with Crippen LogP contribution in [0.5, 0.6) is 0 Å². The van der Waals surface area contributed by atoms with Crippen LogP contribution < -0.4 is 10.3 Å². The van der Waals surface area contributed by atoms with Gasteiger partial charge in [-0.3, -0.25) is 9.59 Å². The van der Waals surface area contributed by atoms with Gasteiger partial charge in [0, 0.05) is 23.1 Å². The first kappa shape index (κ1) is 24.2. The molecule has 6 nitrogen and oxygen atoms in total. The molecular weight excluding hydrogens is 456 g/mol. The molecule has 2 amide bonds. The summed E-state index contributed by atoms with van der Waals surface area (Å²) in [5, 5.41) is 5.41. The van der Waals surface area contributed by atoms with E-state index < -0.39 is 8.96 Å². The van der Waals surface area contributed by atoms with E-state index in [1.165, 1.54) is 11.3 Å². The summed E-state index contributed by atoms with van der Waals surface area (Å²) in [4.78, 5) is 35.4. The highest BCUT2D eigenvalue weighted by Crippen LogP contribution is 2.24. The summed E-state index contributed by atoms with van der Waals surface area (Å²) in [6.07, 6.45) is 2.00. The first-order chi connectivity index (χ1) is 15.5. The summed E-state index contributed by atoms with van der Waals surface area (Å²) in [6, 6.07) is 18.1. The Balaban J connectivity index is 1.65. The van der Waals surface area contributed by atoms with E-state index in [9.17, 15) is 9.59 Å². The molecule has 168 valence electrons. The van der Waals surface area contributed by atoms with Crippen molar-refractivity contribution in [1.29, 1.82) is 0 Å². The maximum absolute atomic E-state index is 13.0. The van der Waals surface area contributed by atoms with Gasteiger partial charge in [-0.05, 0) is 49.8 Å². The Morgan fingerprint density at radius 3 is 2.47 bits per heavy atom. The van der Waals surface area contributed by atoms with Gasteiger partial charge in [0.25, 0.3) is 0 Å². The lowest BCUT2D eigenvalue weighted by molar-refractivity contribution is 0.0979. The number of nitrogens with zero attached hydrogens (tertiary/aromatic N) is 2. The first-order valence-corrected chi connectivity index (χ1v) is 14.6. The SMILES string of the molecule is CSCC[Si@H](NC(=O)c1ccc(CN(C)C)cc1)C(=O)Nc1nc(-c2ccccc2)cs1. The molecule has 0 saturated heterocycles. The summed E-state index contributed by atoms with van der Waals surface area (Å²) >= 11 is 3.06. The number of hydrogen-bond acceptors (Lipinski definition) is 6. The van der Waals surface area contributed by atoms with Crippen molar-refractivity contribution in [1.82, 2.24) is 14.9 Å². The van der Waals surface area contributed by atoms with Crippen molar-refractivity contribution in [3.05, 3.63) is 71.1 Å². The molecule has 0 radical (unpaired) electrons. The number of carbonyl (C=O) groups is 2. The summed E-state index contributed by atoms with van der Waals surface area (Å²) in [6.45, 7) is 0.814. The van der Waals surface area contributed by atoms with E-state index in [1.807, 2.05) is 80.3 Å². The van der Waals surface area contributed by atoms with Gasteiger partial charge in [-0.2, -0.15) is 11.8 Å². The van der Waals surface area contributed by atoms with Crippen LogP contribution in [-0.4, -0.2) is 56.4 Å². The van der Waals surface area contributed by atoms with Crippen molar-refractivity contribution in [3.8, 4) is 11.3 Å². The minimum Gasteiger partial charge on any atom is -0.372 e. The van der Waals surface area contributed by atoms with Crippen LogP contribution in [0.2, 0.25) is 6.04 Å². The third kappa shape index (κ3) is 7.03. The summed E-state index contributed by atoms with van der Waals surface area (Å²) in [5.41, 5.74) is 3.42. The molecule has 0 aliphatic rings. The topological polar surface area (TPSA) is 74.3 Å². The highest BCUT2D eigenvalue weighted by molar-refractivity contribution is 7.98. The molecule has 1 atom stereocenters. The Morgan fingerprint density at radius 2 is 1.81 bits per heavy atom. The van der Waals surface area contributed by atoms with Crippen molar-refractivity contribution in [2.75, 3.05) is 31.4 Å². The molecule has 2 aromatic carbocycles. The Bertz CT molecular complexity index is 1030. The standard InChI is InChI=1S/C23H28N4O2S2Si/c1-27(2)15-17-9-11-19(12-10-17)21(28)26-32(14-13-30-3)23(29)25-22-24-20(16-31-22)18-7-5-4-6-8-18/h4-12,16,32H,13-15H2,1-3H3,(H,26,28)(H,24,25,29)/t32-/m0/s1. The molecule has 9 heteroatoms. The number of aromatic nitrogens is 1. The number of carbonyl (C=O) groups excluding carboxylic acids is 2. The smallest absolute Gasteiger partial charge is 0.244 e. The summed E-state index contributed by atoms with van der Waals surface area (Å²) in [5.74, 6) is 0.623. The second kappa shape index (κ2) is 12.0. The molecule has 0 bridgehead atoms. The zero-order chi connectivity index (χ0) is 22.9. The van der Waals surface area contributed by atoms with E-state index in [2.05, 4.69) is 20.2 Å². The summed E-state index contributed by atoms with van der Waals surface area (Å²) < 4.78 is 0. The molecule has 0 aliphatic carbocycles. The predicted octanol–water partition coefficient (Wildman–Crippen LogP) is 4.50. The molecule has 0 fully saturated rings. The minimum absolute atomic E-state index is 0.120. The van der Waals surface area contributed by atoms with Gasteiger partial charge in [0.2, 0.25) is 20.4 Å². The van der Waals surface area contributed by atoms with Gasteiger partial charge in [-0.15, -0.1) is 11.3 Å². The van der Waals surface area contributed by atoms with Gasteiger partial charge >= 0.3 is 0 Å². The Morgan fingerprint density at radius 1 is 1.09 bits per heavy atom. The molecule has 32 heavy (non-hydrogen) atoms. The van der Waals surface area contributed by atoms with Crippen molar-refractivity contribution in [2.45, 2.75) is 12.6 Å². The van der Waals surface area contributed by atoms with Crippen LogP contribution in [0.4, 0.5) is 9.93 Å². The molecule has 1 aromatic heterocycles. The summed E-state index contributed by atoms with van der Waals surface area (Å²) in [7, 11) is 1.76. The van der Waals surface area contributed by atoms with Crippen molar-refractivity contribution in [3.63, 3.8) is 0 Å². The van der Waals surface area contributed by atoms with Crippen molar-refractivity contribution in [2.24, 2.45) is 0 Å². The number of thiazole rings is 1. The molecule has 0 aliphatic heterocycles. The molecule has 0 saturated carbocycles. The first-order valence-electron chi connectivity index (χ1n) is 10.3.